The number of hydrogen-bond donors (Lipinski definition) is 1. The van der Waals surface area contributed by atoms with E-state index in [2.05, 4.69) is 31.4 Å². The number of amides is 1. The molecule has 5 nitrogen and oxygen atoms in total. The van der Waals surface area contributed by atoms with Crippen molar-refractivity contribution >= 4 is 21.8 Å². The summed E-state index contributed by atoms with van der Waals surface area (Å²) >= 11 is 3.40. The molecule has 1 amide bonds. The number of hydrogen-bond acceptors (Lipinski definition) is 4. The van der Waals surface area contributed by atoms with Crippen molar-refractivity contribution in [3.63, 3.8) is 0 Å². The van der Waals surface area contributed by atoms with Crippen molar-refractivity contribution in [2.24, 2.45) is 0 Å². The summed E-state index contributed by atoms with van der Waals surface area (Å²) in [5, 5.41) is 6.51. The molecule has 2 aromatic carbocycles. The van der Waals surface area contributed by atoms with Crippen LogP contribution in [0.25, 0.3) is 11.5 Å². The number of nitrogens with one attached hydrogen (secondary N) is 1. The van der Waals surface area contributed by atoms with Gasteiger partial charge in [0, 0.05) is 16.6 Å². The molecule has 1 heterocycles. The van der Waals surface area contributed by atoms with Crippen LogP contribution in [0.4, 0.5) is 0 Å². The number of benzene rings is 2. The summed E-state index contributed by atoms with van der Waals surface area (Å²) in [6, 6.07) is 15.4. The van der Waals surface area contributed by atoms with Gasteiger partial charge < -0.3 is 9.84 Å². The number of aryl methyl sites for hydroxylation is 1. The Kier molecular flexibility index (Phi) is 4.52. The minimum absolute atomic E-state index is 0.0237. The maximum Gasteiger partial charge on any atom is 0.292 e. The van der Waals surface area contributed by atoms with Gasteiger partial charge in [-0.3, -0.25) is 4.79 Å². The maximum absolute atomic E-state index is 12.1. The van der Waals surface area contributed by atoms with Crippen LogP contribution in [0.3, 0.4) is 0 Å². The van der Waals surface area contributed by atoms with E-state index in [1.807, 2.05) is 55.5 Å². The van der Waals surface area contributed by atoms with Gasteiger partial charge in [-0.2, -0.15) is 4.98 Å². The van der Waals surface area contributed by atoms with Crippen LogP contribution in [0.1, 0.15) is 21.7 Å². The highest BCUT2D eigenvalue weighted by molar-refractivity contribution is 9.10. The molecule has 0 aliphatic carbocycles. The average molecular weight is 372 g/mol. The van der Waals surface area contributed by atoms with Crippen LogP contribution < -0.4 is 5.32 Å². The van der Waals surface area contributed by atoms with Gasteiger partial charge in [0.05, 0.1) is 0 Å². The van der Waals surface area contributed by atoms with Gasteiger partial charge in [-0.1, -0.05) is 50.9 Å². The molecule has 1 N–H and O–H groups in total. The predicted octanol–water partition coefficient (Wildman–Crippen LogP) is 3.74. The molecule has 0 aliphatic rings. The monoisotopic (exact) mass is 371 g/mol. The SMILES string of the molecule is Cc1ccc(-c2nc(C(=O)NCc3cccc(Br)c3)no2)cc1. The molecule has 116 valence electrons. The number of carbonyl (C=O) groups is 1. The smallest absolute Gasteiger partial charge is 0.292 e. The first-order valence-corrected chi connectivity index (χ1v) is 7.84. The van der Waals surface area contributed by atoms with Gasteiger partial charge in [-0.05, 0) is 36.8 Å². The topological polar surface area (TPSA) is 68.0 Å². The van der Waals surface area contributed by atoms with E-state index in [0.29, 0.717) is 12.4 Å². The van der Waals surface area contributed by atoms with Crippen LogP contribution in [0.5, 0.6) is 0 Å². The highest BCUT2D eigenvalue weighted by atomic mass is 79.9. The first-order chi connectivity index (χ1) is 11.1. The zero-order valence-electron chi connectivity index (χ0n) is 12.4. The second-order valence-corrected chi connectivity index (χ2v) is 6.02. The Morgan fingerprint density at radius 2 is 2.00 bits per heavy atom. The number of halogens is 1. The highest BCUT2D eigenvalue weighted by Gasteiger charge is 2.15. The molecular weight excluding hydrogens is 358 g/mol. The van der Waals surface area contributed by atoms with Crippen molar-refractivity contribution < 1.29 is 9.32 Å². The molecule has 0 radical (unpaired) electrons. The Morgan fingerprint density at radius 3 is 2.74 bits per heavy atom. The number of nitrogens with zero attached hydrogens (tertiary/aromatic N) is 2. The molecule has 0 unspecified atom stereocenters. The molecule has 0 saturated heterocycles. The van der Waals surface area contributed by atoms with Crippen molar-refractivity contribution in [3.8, 4) is 11.5 Å². The third-order valence-electron chi connectivity index (χ3n) is 3.27. The van der Waals surface area contributed by atoms with Crippen molar-refractivity contribution in [3.05, 3.63) is 70.0 Å². The Hall–Kier alpha value is -2.47. The first kappa shape index (κ1) is 15.4. The van der Waals surface area contributed by atoms with Gasteiger partial charge in [0.25, 0.3) is 17.6 Å². The van der Waals surface area contributed by atoms with Gasteiger partial charge in [-0.25, -0.2) is 0 Å². The summed E-state index contributed by atoms with van der Waals surface area (Å²) in [5.74, 6) is -0.0136. The van der Waals surface area contributed by atoms with Crippen LogP contribution in [0.2, 0.25) is 0 Å². The molecule has 0 bridgehead atoms. The zero-order chi connectivity index (χ0) is 16.2. The Morgan fingerprint density at radius 1 is 1.22 bits per heavy atom. The van der Waals surface area contributed by atoms with Crippen molar-refractivity contribution in [1.29, 1.82) is 0 Å². The van der Waals surface area contributed by atoms with Crippen molar-refractivity contribution in [1.82, 2.24) is 15.5 Å². The summed E-state index contributed by atoms with van der Waals surface area (Å²) < 4.78 is 6.12. The summed E-state index contributed by atoms with van der Waals surface area (Å²) in [5.41, 5.74) is 2.91. The summed E-state index contributed by atoms with van der Waals surface area (Å²) in [6.07, 6.45) is 0. The fourth-order valence-corrected chi connectivity index (χ4v) is 2.48. The first-order valence-electron chi connectivity index (χ1n) is 7.05. The lowest BCUT2D eigenvalue weighted by atomic mass is 10.1. The molecule has 3 rings (SSSR count). The Bertz CT molecular complexity index is 828. The van der Waals surface area contributed by atoms with E-state index in [4.69, 9.17) is 4.52 Å². The third kappa shape index (κ3) is 3.84. The van der Waals surface area contributed by atoms with Crippen molar-refractivity contribution in [2.45, 2.75) is 13.5 Å². The lowest BCUT2D eigenvalue weighted by Gasteiger charge is -2.02. The van der Waals surface area contributed by atoms with E-state index in [9.17, 15) is 4.79 Å². The van der Waals surface area contributed by atoms with Crippen LogP contribution in [0.15, 0.2) is 57.5 Å². The Balaban J connectivity index is 1.67. The van der Waals surface area contributed by atoms with Gasteiger partial charge in [-0.15, -0.1) is 0 Å². The normalized spacial score (nSPS) is 10.5. The zero-order valence-corrected chi connectivity index (χ0v) is 14.0. The van der Waals surface area contributed by atoms with Crippen molar-refractivity contribution in [2.75, 3.05) is 0 Å². The van der Waals surface area contributed by atoms with Gasteiger partial charge >= 0.3 is 0 Å². The minimum Gasteiger partial charge on any atom is -0.345 e. The molecule has 3 aromatic rings. The molecule has 0 fully saturated rings. The number of aromatic nitrogens is 2. The summed E-state index contributed by atoms with van der Waals surface area (Å²) in [4.78, 5) is 16.2. The van der Waals surface area contributed by atoms with Crippen LogP contribution in [0, 0.1) is 6.92 Å². The number of rotatable bonds is 4. The number of carbonyl (C=O) groups excluding carboxylic acids is 1. The van der Waals surface area contributed by atoms with Gasteiger partial charge in [0.15, 0.2) is 0 Å². The van der Waals surface area contributed by atoms with Crippen LogP contribution in [-0.4, -0.2) is 16.0 Å². The molecule has 6 heteroatoms. The average Bonchev–Trinajstić information content (AvgIpc) is 3.03. The van der Waals surface area contributed by atoms with E-state index in [-0.39, 0.29) is 11.7 Å². The Labute approximate surface area is 141 Å². The molecule has 0 atom stereocenters. The quantitative estimate of drug-likeness (QED) is 0.758. The highest BCUT2D eigenvalue weighted by Crippen LogP contribution is 2.17. The van der Waals surface area contributed by atoms with Crippen LogP contribution in [-0.2, 0) is 6.54 Å². The third-order valence-corrected chi connectivity index (χ3v) is 3.76. The summed E-state index contributed by atoms with van der Waals surface area (Å²) in [6.45, 7) is 2.39. The van der Waals surface area contributed by atoms with Gasteiger partial charge in [0.1, 0.15) is 0 Å². The fraction of sp³-hybridized carbons (Fsp3) is 0.118. The lowest BCUT2D eigenvalue weighted by Crippen LogP contribution is -2.23. The van der Waals surface area contributed by atoms with E-state index in [0.717, 1.165) is 21.2 Å². The largest absolute Gasteiger partial charge is 0.345 e. The van der Waals surface area contributed by atoms with Crippen LogP contribution >= 0.6 is 15.9 Å². The van der Waals surface area contributed by atoms with E-state index >= 15 is 0 Å². The molecule has 0 aliphatic heterocycles. The fourth-order valence-electron chi connectivity index (χ4n) is 2.04. The standard InChI is InChI=1S/C17H14BrN3O2/c1-11-5-7-13(8-6-11)17-20-15(21-23-17)16(22)19-10-12-3-2-4-14(18)9-12/h2-9H,10H2,1H3,(H,19,22). The molecule has 0 saturated carbocycles. The second-order valence-electron chi connectivity index (χ2n) is 5.10. The summed E-state index contributed by atoms with van der Waals surface area (Å²) in [7, 11) is 0. The minimum atomic E-state index is -0.368. The van der Waals surface area contributed by atoms with Gasteiger partial charge in [0.2, 0.25) is 0 Å². The maximum atomic E-state index is 12.1. The molecule has 0 spiro atoms. The molecular formula is C17H14BrN3O2. The second kappa shape index (κ2) is 6.75. The van der Waals surface area contributed by atoms with E-state index < -0.39 is 0 Å². The lowest BCUT2D eigenvalue weighted by molar-refractivity contribution is 0.0937. The van der Waals surface area contributed by atoms with E-state index in [1.165, 1.54) is 0 Å². The van der Waals surface area contributed by atoms with E-state index in [1.54, 1.807) is 0 Å². The molecule has 23 heavy (non-hydrogen) atoms. The molecule has 1 aromatic heterocycles. The predicted molar refractivity (Wildman–Crippen MR) is 89.8 cm³/mol.